The molecule has 1 fully saturated rings. The lowest BCUT2D eigenvalue weighted by Gasteiger charge is -2.44. The third-order valence-corrected chi connectivity index (χ3v) is 4.92. The molecule has 1 atom stereocenters. The summed E-state index contributed by atoms with van der Waals surface area (Å²) >= 11 is 1.93. The summed E-state index contributed by atoms with van der Waals surface area (Å²) in [6.45, 7) is 4.74. The smallest absolute Gasteiger partial charge is 0.0699 e. The highest BCUT2D eigenvalue weighted by Crippen LogP contribution is 2.40. The number of rotatable bonds is 3. The lowest BCUT2D eigenvalue weighted by Crippen LogP contribution is -2.51. The molecule has 2 N–H and O–H groups in total. The zero-order valence-electron chi connectivity index (χ0n) is 10.6. The second kappa shape index (κ2) is 4.91. The van der Waals surface area contributed by atoms with Gasteiger partial charge in [0.1, 0.15) is 0 Å². The van der Waals surface area contributed by atoms with Crippen molar-refractivity contribution in [1.29, 1.82) is 0 Å². The molecule has 0 saturated carbocycles. The number of benzene rings is 1. The van der Waals surface area contributed by atoms with Crippen molar-refractivity contribution in [1.82, 2.24) is 0 Å². The Hall–Kier alpha value is -0.670. The third kappa shape index (κ3) is 3.17. The fourth-order valence-corrected chi connectivity index (χ4v) is 4.00. The van der Waals surface area contributed by atoms with E-state index >= 15 is 0 Å². The SMILES string of the molecule is CC1(C)CSCC(CO)(Nc2ccccc2)C1. The summed E-state index contributed by atoms with van der Waals surface area (Å²) in [5, 5.41) is 13.3. The second-order valence-corrected chi connectivity index (χ2v) is 6.75. The molecule has 2 nitrogen and oxygen atoms in total. The van der Waals surface area contributed by atoms with Crippen LogP contribution in [0.4, 0.5) is 5.69 Å². The Morgan fingerprint density at radius 1 is 1.24 bits per heavy atom. The van der Waals surface area contributed by atoms with Gasteiger partial charge in [-0.25, -0.2) is 0 Å². The maximum Gasteiger partial charge on any atom is 0.0699 e. The predicted octanol–water partition coefficient (Wildman–Crippen LogP) is 2.99. The summed E-state index contributed by atoms with van der Waals surface area (Å²) in [5.41, 5.74) is 1.21. The number of thioether (sulfide) groups is 1. The average Bonchev–Trinajstić information content (AvgIpc) is 2.29. The molecule has 0 aliphatic carbocycles. The van der Waals surface area contributed by atoms with Crippen LogP contribution in [-0.4, -0.2) is 28.8 Å². The number of para-hydroxylation sites is 1. The van der Waals surface area contributed by atoms with Crippen LogP contribution >= 0.6 is 11.8 Å². The lowest BCUT2D eigenvalue weighted by atomic mass is 9.80. The quantitative estimate of drug-likeness (QED) is 0.866. The first-order valence-electron chi connectivity index (χ1n) is 6.07. The van der Waals surface area contributed by atoms with Crippen molar-refractivity contribution in [2.45, 2.75) is 25.8 Å². The van der Waals surface area contributed by atoms with Gasteiger partial charge in [-0.15, -0.1) is 0 Å². The van der Waals surface area contributed by atoms with Gasteiger partial charge < -0.3 is 10.4 Å². The Balaban J connectivity index is 2.14. The molecule has 0 aromatic heterocycles. The summed E-state index contributed by atoms with van der Waals surface area (Å²) in [5.74, 6) is 2.15. The van der Waals surface area contributed by atoms with Crippen LogP contribution in [0, 0.1) is 5.41 Å². The van der Waals surface area contributed by atoms with Gasteiger partial charge in [0, 0.05) is 11.4 Å². The Kier molecular flexibility index (Phi) is 3.69. The van der Waals surface area contributed by atoms with E-state index in [1.165, 1.54) is 5.75 Å². The molecule has 1 aliphatic heterocycles. The summed E-state index contributed by atoms with van der Waals surface area (Å²) in [6, 6.07) is 10.2. The van der Waals surface area contributed by atoms with Crippen molar-refractivity contribution in [3.8, 4) is 0 Å². The van der Waals surface area contributed by atoms with Crippen molar-refractivity contribution in [2.75, 3.05) is 23.4 Å². The van der Waals surface area contributed by atoms with Gasteiger partial charge in [-0.2, -0.15) is 11.8 Å². The zero-order chi connectivity index (χ0) is 12.4. The zero-order valence-corrected chi connectivity index (χ0v) is 11.4. The van der Waals surface area contributed by atoms with Crippen molar-refractivity contribution < 1.29 is 5.11 Å². The van der Waals surface area contributed by atoms with Gasteiger partial charge in [0.25, 0.3) is 0 Å². The van der Waals surface area contributed by atoms with E-state index < -0.39 is 0 Å². The van der Waals surface area contributed by atoms with E-state index in [0.29, 0.717) is 0 Å². The second-order valence-electron chi connectivity index (χ2n) is 5.76. The number of hydrogen-bond donors (Lipinski definition) is 2. The van der Waals surface area contributed by atoms with Crippen molar-refractivity contribution in [3.05, 3.63) is 30.3 Å². The minimum atomic E-state index is -0.173. The maximum absolute atomic E-state index is 9.76. The number of nitrogens with one attached hydrogen (secondary N) is 1. The number of hydrogen-bond acceptors (Lipinski definition) is 3. The largest absolute Gasteiger partial charge is 0.394 e. The van der Waals surface area contributed by atoms with Crippen molar-refractivity contribution in [3.63, 3.8) is 0 Å². The van der Waals surface area contributed by atoms with Crippen LogP contribution in [0.15, 0.2) is 30.3 Å². The van der Waals surface area contributed by atoms with Crippen LogP contribution in [0.25, 0.3) is 0 Å². The first-order valence-corrected chi connectivity index (χ1v) is 7.23. The molecular formula is C14H21NOS. The summed E-state index contributed by atoms with van der Waals surface area (Å²) in [6.07, 6.45) is 1.01. The van der Waals surface area contributed by atoms with Gasteiger partial charge in [-0.05, 0) is 29.7 Å². The van der Waals surface area contributed by atoms with Gasteiger partial charge in [-0.1, -0.05) is 32.0 Å². The standard InChI is InChI=1S/C14H21NOS/c1-13(2)8-14(9-16,11-17-10-13)15-12-6-4-3-5-7-12/h3-7,15-16H,8-11H2,1-2H3. The number of aliphatic hydroxyl groups is 1. The highest BCUT2D eigenvalue weighted by Gasteiger charge is 2.40. The van der Waals surface area contributed by atoms with Crippen LogP contribution in [0.3, 0.4) is 0 Å². The van der Waals surface area contributed by atoms with E-state index in [-0.39, 0.29) is 17.6 Å². The highest BCUT2D eigenvalue weighted by atomic mass is 32.2. The van der Waals surface area contributed by atoms with E-state index in [1.54, 1.807) is 0 Å². The normalized spacial score (nSPS) is 27.7. The van der Waals surface area contributed by atoms with Gasteiger partial charge >= 0.3 is 0 Å². The molecule has 1 saturated heterocycles. The van der Waals surface area contributed by atoms with Crippen LogP contribution < -0.4 is 5.32 Å². The van der Waals surface area contributed by atoms with E-state index in [1.807, 2.05) is 30.0 Å². The molecule has 17 heavy (non-hydrogen) atoms. The van der Waals surface area contributed by atoms with E-state index in [0.717, 1.165) is 17.9 Å². The van der Waals surface area contributed by atoms with Gasteiger partial charge in [0.15, 0.2) is 0 Å². The maximum atomic E-state index is 9.76. The van der Waals surface area contributed by atoms with Crippen molar-refractivity contribution >= 4 is 17.4 Å². The van der Waals surface area contributed by atoms with Gasteiger partial charge in [-0.3, -0.25) is 0 Å². The summed E-state index contributed by atoms with van der Waals surface area (Å²) < 4.78 is 0. The van der Waals surface area contributed by atoms with Crippen LogP contribution in [0.1, 0.15) is 20.3 Å². The molecule has 1 unspecified atom stereocenters. The molecule has 1 heterocycles. The molecule has 2 rings (SSSR count). The van der Waals surface area contributed by atoms with Gasteiger partial charge in [0.05, 0.1) is 12.1 Å². The molecule has 0 radical (unpaired) electrons. The van der Waals surface area contributed by atoms with Crippen molar-refractivity contribution in [2.24, 2.45) is 5.41 Å². The minimum absolute atomic E-state index is 0.173. The first-order chi connectivity index (χ1) is 8.05. The Morgan fingerprint density at radius 2 is 1.94 bits per heavy atom. The predicted molar refractivity (Wildman–Crippen MR) is 75.6 cm³/mol. The molecule has 1 aliphatic rings. The minimum Gasteiger partial charge on any atom is -0.394 e. The summed E-state index contributed by atoms with van der Waals surface area (Å²) in [7, 11) is 0. The van der Waals surface area contributed by atoms with E-state index in [9.17, 15) is 5.11 Å². The number of aliphatic hydroxyl groups excluding tert-OH is 1. The monoisotopic (exact) mass is 251 g/mol. The van der Waals surface area contributed by atoms with Gasteiger partial charge in [0.2, 0.25) is 0 Å². The summed E-state index contributed by atoms with van der Waals surface area (Å²) in [4.78, 5) is 0. The van der Waals surface area contributed by atoms with Crippen LogP contribution in [-0.2, 0) is 0 Å². The molecule has 0 spiro atoms. The fraction of sp³-hybridized carbons (Fsp3) is 0.571. The topological polar surface area (TPSA) is 32.3 Å². The van der Waals surface area contributed by atoms with E-state index in [4.69, 9.17) is 0 Å². The Morgan fingerprint density at radius 3 is 2.53 bits per heavy atom. The fourth-order valence-electron chi connectivity index (χ4n) is 2.59. The molecule has 3 heteroatoms. The lowest BCUT2D eigenvalue weighted by molar-refractivity contribution is 0.174. The Bertz CT molecular complexity index is 366. The number of anilines is 1. The van der Waals surface area contributed by atoms with Crippen LogP contribution in [0.5, 0.6) is 0 Å². The first kappa shape index (κ1) is 12.8. The molecule has 94 valence electrons. The van der Waals surface area contributed by atoms with E-state index in [2.05, 4.69) is 31.3 Å². The molecular weight excluding hydrogens is 230 g/mol. The third-order valence-electron chi connectivity index (χ3n) is 3.17. The molecule has 1 aromatic carbocycles. The molecule has 0 amide bonds. The Labute approximate surface area is 108 Å². The molecule has 0 bridgehead atoms. The molecule has 1 aromatic rings. The van der Waals surface area contributed by atoms with Crippen LogP contribution in [0.2, 0.25) is 0 Å². The average molecular weight is 251 g/mol. The highest BCUT2D eigenvalue weighted by molar-refractivity contribution is 7.99.